The average molecular weight is 192 g/mol. The highest BCUT2D eigenvalue weighted by atomic mass is 15.3. The number of likely N-dealkylation sites (N-methyl/N-ethyl adjacent to an activating group) is 1. The molecule has 0 fully saturated rings. The molecule has 0 bridgehead atoms. The molecule has 0 saturated heterocycles. The van der Waals surface area contributed by atoms with E-state index in [1.807, 2.05) is 13.8 Å². The van der Waals surface area contributed by atoms with Gasteiger partial charge in [-0.2, -0.15) is 0 Å². The zero-order valence-electron chi connectivity index (χ0n) is 9.07. The Hall–Kier alpha value is -1.32. The molecular formula is C10H16N4. The van der Waals surface area contributed by atoms with Crippen molar-refractivity contribution in [1.29, 1.82) is 0 Å². The van der Waals surface area contributed by atoms with Crippen LogP contribution in [0.2, 0.25) is 0 Å². The number of amidine groups is 2. The SMILES string of the molecule is CC1=NC2C(N)=NC(C)=C(C)C2N1C. The summed E-state index contributed by atoms with van der Waals surface area (Å²) in [6.45, 7) is 6.11. The van der Waals surface area contributed by atoms with Crippen molar-refractivity contribution in [3.63, 3.8) is 0 Å². The van der Waals surface area contributed by atoms with Gasteiger partial charge in [-0.25, -0.2) is 4.99 Å². The van der Waals surface area contributed by atoms with Crippen LogP contribution in [-0.4, -0.2) is 35.7 Å². The number of rotatable bonds is 0. The molecule has 0 aromatic rings. The molecule has 2 heterocycles. The van der Waals surface area contributed by atoms with E-state index in [0.29, 0.717) is 5.84 Å². The molecule has 0 aromatic heterocycles. The smallest absolute Gasteiger partial charge is 0.133 e. The second-order valence-corrected chi connectivity index (χ2v) is 3.98. The number of hydrogen-bond donors (Lipinski definition) is 1. The van der Waals surface area contributed by atoms with Gasteiger partial charge in [0.15, 0.2) is 0 Å². The molecule has 4 nitrogen and oxygen atoms in total. The fourth-order valence-corrected chi connectivity index (χ4v) is 2.09. The maximum Gasteiger partial charge on any atom is 0.133 e. The van der Waals surface area contributed by atoms with Crippen molar-refractivity contribution >= 4 is 11.7 Å². The summed E-state index contributed by atoms with van der Waals surface area (Å²) in [5.41, 5.74) is 8.18. The van der Waals surface area contributed by atoms with Crippen LogP contribution in [0.5, 0.6) is 0 Å². The Morgan fingerprint density at radius 3 is 2.57 bits per heavy atom. The number of nitrogens with zero attached hydrogens (tertiary/aromatic N) is 3. The van der Waals surface area contributed by atoms with E-state index in [4.69, 9.17) is 5.73 Å². The molecule has 0 amide bonds. The standard InChI is InChI=1S/C10H16N4/c1-5-6(2)12-10(11)8-9(5)14(4)7(3)13-8/h8-9H,1-4H3,(H2,11,12). The minimum atomic E-state index is 0.0312. The Labute approximate surface area is 84.2 Å². The third-order valence-corrected chi connectivity index (χ3v) is 3.17. The van der Waals surface area contributed by atoms with E-state index in [1.165, 1.54) is 5.57 Å². The van der Waals surface area contributed by atoms with Crippen molar-refractivity contribution < 1.29 is 0 Å². The van der Waals surface area contributed by atoms with Gasteiger partial charge >= 0.3 is 0 Å². The first kappa shape index (κ1) is 9.24. The molecule has 2 atom stereocenters. The first-order chi connectivity index (χ1) is 6.52. The summed E-state index contributed by atoms with van der Waals surface area (Å²) < 4.78 is 0. The van der Waals surface area contributed by atoms with E-state index in [1.54, 1.807) is 0 Å². The summed E-state index contributed by atoms with van der Waals surface area (Å²) in [5.74, 6) is 1.68. The van der Waals surface area contributed by atoms with E-state index in [-0.39, 0.29) is 12.1 Å². The molecule has 4 heteroatoms. The van der Waals surface area contributed by atoms with Gasteiger partial charge in [-0.15, -0.1) is 0 Å². The maximum atomic E-state index is 5.88. The number of fused-ring (bicyclic) bond motifs is 1. The molecular weight excluding hydrogens is 176 g/mol. The lowest BCUT2D eigenvalue weighted by Gasteiger charge is -2.30. The molecule has 0 saturated carbocycles. The highest BCUT2D eigenvalue weighted by Gasteiger charge is 2.38. The van der Waals surface area contributed by atoms with Crippen LogP contribution in [0.15, 0.2) is 21.3 Å². The Bertz CT molecular complexity index is 364. The summed E-state index contributed by atoms with van der Waals surface area (Å²) in [5, 5.41) is 0. The minimum absolute atomic E-state index is 0.0312. The van der Waals surface area contributed by atoms with Gasteiger partial charge in [-0.1, -0.05) is 0 Å². The molecule has 14 heavy (non-hydrogen) atoms. The first-order valence-corrected chi connectivity index (χ1v) is 4.81. The molecule has 2 rings (SSSR count). The fourth-order valence-electron chi connectivity index (χ4n) is 2.09. The minimum Gasteiger partial charge on any atom is -0.385 e. The van der Waals surface area contributed by atoms with Gasteiger partial charge in [-0.05, 0) is 26.3 Å². The summed E-state index contributed by atoms with van der Waals surface area (Å²) >= 11 is 0. The normalized spacial score (nSPS) is 31.6. The fraction of sp³-hybridized carbons (Fsp3) is 0.600. The maximum absolute atomic E-state index is 5.88. The van der Waals surface area contributed by atoms with Gasteiger partial charge in [0.2, 0.25) is 0 Å². The Morgan fingerprint density at radius 2 is 1.93 bits per heavy atom. The third-order valence-electron chi connectivity index (χ3n) is 3.17. The molecule has 2 N–H and O–H groups in total. The second-order valence-electron chi connectivity index (χ2n) is 3.98. The number of aliphatic imine (C=N–C) groups is 2. The largest absolute Gasteiger partial charge is 0.385 e. The van der Waals surface area contributed by atoms with Crippen LogP contribution in [0.1, 0.15) is 20.8 Å². The van der Waals surface area contributed by atoms with Crippen molar-refractivity contribution in [2.24, 2.45) is 15.7 Å². The second kappa shape index (κ2) is 2.83. The van der Waals surface area contributed by atoms with Crippen LogP contribution in [0.3, 0.4) is 0 Å². The lowest BCUT2D eigenvalue weighted by molar-refractivity contribution is 0.420. The van der Waals surface area contributed by atoms with Crippen LogP contribution in [0.25, 0.3) is 0 Å². The van der Waals surface area contributed by atoms with Gasteiger partial charge in [0.25, 0.3) is 0 Å². The lowest BCUT2D eigenvalue weighted by Crippen LogP contribution is -2.45. The van der Waals surface area contributed by atoms with Gasteiger partial charge < -0.3 is 10.6 Å². The van der Waals surface area contributed by atoms with Gasteiger partial charge in [0.05, 0.1) is 11.9 Å². The molecule has 76 valence electrons. The molecule has 0 aromatic carbocycles. The van der Waals surface area contributed by atoms with Crippen molar-refractivity contribution in [2.75, 3.05) is 7.05 Å². The Kier molecular flexibility index (Phi) is 1.87. The predicted octanol–water partition coefficient (Wildman–Crippen LogP) is 0.752. The topological polar surface area (TPSA) is 54.0 Å². The van der Waals surface area contributed by atoms with Crippen molar-refractivity contribution in [3.8, 4) is 0 Å². The number of hydrogen-bond acceptors (Lipinski definition) is 4. The van der Waals surface area contributed by atoms with E-state index in [2.05, 4.69) is 28.9 Å². The van der Waals surface area contributed by atoms with Crippen LogP contribution in [0, 0.1) is 0 Å². The summed E-state index contributed by atoms with van der Waals surface area (Å²) in [4.78, 5) is 11.0. The lowest BCUT2D eigenvalue weighted by atomic mass is 9.96. The average Bonchev–Trinajstić information content (AvgIpc) is 2.41. The highest BCUT2D eigenvalue weighted by molar-refractivity contribution is 5.95. The van der Waals surface area contributed by atoms with Crippen LogP contribution < -0.4 is 5.73 Å². The number of allylic oxidation sites excluding steroid dienone is 1. The van der Waals surface area contributed by atoms with Gasteiger partial charge in [0, 0.05) is 12.7 Å². The Balaban J connectivity index is 2.46. The highest BCUT2D eigenvalue weighted by Crippen LogP contribution is 2.28. The van der Waals surface area contributed by atoms with E-state index in [9.17, 15) is 0 Å². The van der Waals surface area contributed by atoms with Gasteiger partial charge in [0.1, 0.15) is 11.9 Å². The summed E-state index contributed by atoms with van der Waals surface area (Å²) in [6, 6.07) is 0.316. The zero-order chi connectivity index (χ0) is 10.5. The van der Waals surface area contributed by atoms with Crippen LogP contribution in [-0.2, 0) is 0 Å². The molecule has 2 unspecified atom stereocenters. The third kappa shape index (κ3) is 1.06. The quantitative estimate of drug-likeness (QED) is 0.616. The first-order valence-electron chi connectivity index (χ1n) is 4.81. The van der Waals surface area contributed by atoms with Gasteiger partial charge in [-0.3, -0.25) is 4.99 Å². The molecule has 0 aliphatic carbocycles. The molecule has 2 aliphatic heterocycles. The van der Waals surface area contributed by atoms with Crippen molar-refractivity contribution in [2.45, 2.75) is 32.9 Å². The van der Waals surface area contributed by atoms with Crippen LogP contribution >= 0.6 is 0 Å². The predicted molar refractivity (Wildman–Crippen MR) is 58.4 cm³/mol. The zero-order valence-corrected chi connectivity index (χ0v) is 9.07. The van der Waals surface area contributed by atoms with E-state index >= 15 is 0 Å². The van der Waals surface area contributed by atoms with E-state index in [0.717, 1.165) is 11.5 Å². The summed E-state index contributed by atoms with van der Waals surface area (Å²) in [7, 11) is 2.05. The van der Waals surface area contributed by atoms with Crippen molar-refractivity contribution in [1.82, 2.24) is 4.90 Å². The summed E-state index contributed by atoms with van der Waals surface area (Å²) in [6.07, 6.45) is 0. The Morgan fingerprint density at radius 1 is 1.29 bits per heavy atom. The molecule has 0 spiro atoms. The molecule has 0 radical (unpaired) electrons. The molecule has 2 aliphatic rings. The van der Waals surface area contributed by atoms with Crippen molar-refractivity contribution in [3.05, 3.63) is 11.3 Å². The number of nitrogens with two attached hydrogens (primary N) is 1. The van der Waals surface area contributed by atoms with E-state index < -0.39 is 0 Å². The monoisotopic (exact) mass is 192 g/mol. The van der Waals surface area contributed by atoms with Crippen LogP contribution in [0.4, 0.5) is 0 Å².